The number of benzene rings is 1. The summed E-state index contributed by atoms with van der Waals surface area (Å²) in [7, 11) is 0. The van der Waals surface area contributed by atoms with Crippen molar-refractivity contribution in [2.45, 2.75) is 19.6 Å². The van der Waals surface area contributed by atoms with Crippen LogP contribution in [0, 0.1) is 23.0 Å². The molecule has 4 aromatic rings. The monoisotopic (exact) mass is 544 g/mol. The van der Waals surface area contributed by atoms with E-state index in [1.807, 2.05) is 0 Å². The number of rotatable bonds is 7. The summed E-state index contributed by atoms with van der Waals surface area (Å²) in [5.41, 5.74) is -5.19. The molecular formula is C26H15F5N3O5-. The Balaban J connectivity index is 1.90. The van der Waals surface area contributed by atoms with Gasteiger partial charge in [0.15, 0.2) is 5.76 Å². The zero-order chi connectivity index (χ0) is 28.5. The van der Waals surface area contributed by atoms with Gasteiger partial charge >= 0.3 is 6.18 Å². The van der Waals surface area contributed by atoms with Crippen molar-refractivity contribution in [3.05, 3.63) is 92.9 Å². The van der Waals surface area contributed by atoms with Crippen LogP contribution in [0.4, 0.5) is 22.0 Å². The van der Waals surface area contributed by atoms with Crippen LogP contribution in [0.2, 0.25) is 0 Å². The van der Waals surface area contributed by atoms with Gasteiger partial charge in [-0.3, -0.25) is 9.36 Å². The molecule has 0 spiro atoms. The maximum Gasteiger partial charge on any atom is 0.417 e. The van der Waals surface area contributed by atoms with Crippen molar-refractivity contribution in [2.24, 2.45) is 0 Å². The highest BCUT2D eigenvalue weighted by atomic mass is 19.4. The molecule has 8 nitrogen and oxygen atoms in total. The summed E-state index contributed by atoms with van der Waals surface area (Å²) < 4.78 is 80.5. The summed E-state index contributed by atoms with van der Waals surface area (Å²) in [6, 6.07) is 7.79. The summed E-state index contributed by atoms with van der Waals surface area (Å²) in [6.07, 6.45) is -3.90. The highest BCUT2D eigenvalue weighted by molar-refractivity contribution is 5.90. The third kappa shape index (κ3) is 5.35. The van der Waals surface area contributed by atoms with E-state index in [0.29, 0.717) is 16.7 Å². The third-order valence-electron chi connectivity index (χ3n) is 5.56. The minimum absolute atomic E-state index is 0.0482. The van der Waals surface area contributed by atoms with Crippen LogP contribution in [-0.4, -0.2) is 22.1 Å². The molecule has 0 saturated heterocycles. The number of hydrogen-bond donors (Lipinski definition) is 0. The maximum atomic E-state index is 14.4. The number of aromatic nitrogens is 2. The lowest BCUT2D eigenvalue weighted by Crippen LogP contribution is -2.29. The predicted octanol–water partition coefficient (Wildman–Crippen LogP) is 4.15. The number of halogens is 5. The Morgan fingerprint density at radius 1 is 1.15 bits per heavy atom. The van der Waals surface area contributed by atoms with E-state index in [0.717, 1.165) is 18.2 Å². The zero-order valence-corrected chi connectivity index (χ0v) is 19.8. The van der Waals surface area contributed by atoms with E-state index in [-0.39, 0.29) is 35.1 Å². The highest BCUT2D eigenvalue weighted by Gasteiger charge is 2.37. The second kappa shape index (κ2) is 10.4. The van der Waals surface area contributed by atoms with E-state index in [9.17, 15) is 41.9 Å². The van der Waals surface area contributed by atoms with Gasteiger partial charge in [-0.05, 0) is 37.3 Å². The van der Waals surface area contributed by atoms with E-state index in [4.69, 9.17) is 9.15 Å². The Bertz CT molecular complexity index is 1680. The fourth-order valence-corrected chi connectivity index (χ4v) is 3.77. The van der Waals surface area contributed by atoms with Crippen molar-refractivity contribution < 1.29 is 41.0 Å². The quantitative estimate of drug-likeness (QED) is 0.321. The second-order valence-corrected chi connectivity index (χ2v) is 8.02. The number of carbonyl (C=O) groups excluding carboxylic acids is 1. The first-order valence-electron chi connectivity index (χ1n) is 11.1. The number of nitrogens with zero attached hydrogens (tertiary/aromatic N) is 3. The predicted molar refractivity (Wildman–Crippen MR) is 122 cm³/mol. The molecule has 4 rings (SSSR count). The molecule has 200 valence electrons. The summed E-state index contributed by atoms with van der Waals surface area (Å²) in [5, 5.41) is 20.8. The molecule has 0 amide bonds. The number of carboxylic acids is 1. The van der Waals surface area contributed by atoms with Crippen LogP contribution in [0.25, 0.3) is 22.8 Å². The maximum absolute atomic E-state index is 14.4. The molecule has 3 aromatic heterocycles. The average Bonchev–Trinajstić information content (AvgIpc) is 3.36. The van der Waals surface area contributed by atoms with Gasteiger partial charge in [0, 0.05) is 23.4 Å². The lowest BCUT2D eigenvalue weighted by Gasteiger charge is -2.16. The van der Waals surface area contributed by atoms with Crippen molar-refractivity contribution in [3.63, 3.8) is 0 Å². The van der Waals surface area contributed by atoms with Crippen molar-refractivity contribution in [3.8, 4) is 34.7 Å². The number of carbonyl (C=O) groups is 1. The summed E-state index contributed by atoms with van der Waals surface area (Å²) >= 11 is 0. The van der Waals surface area contributed by atoms with Crippen LogP contribution in [0.15, 0.2) is 57.9 Å². The van der Waals surface area contributed by atoms with Crippen LogP contribution in [0.1, 0.15) is 34.0 Å². The van der Waals surface area contributed by atoms with E-state index in [1.54, 1.807) is 6.92 Å². The molecule has 1 aromatic carbocycles. The van der Waals surface area contributed by atoms with Crippen molar-refractivity contribution >= 4 is 5.97 Å². The number of nitriles is 1. The number of hydrogen-bond acceptors (Lipinski definition) is 7. The van der Waals surface area contributed by atoms with Gasteiger partial charge in [0.1, 0.15) is 29.0 Å². The van der Waals surface area contributed by atoms with Crippen LogP contribution in [0.3, 0.4) is 0 Å². The Morgan fingerprint density at radius 2 is 1.87 bits per heavy atom. The lowest BCUT2D eigenvalue weighted by atomic mass is 10.1. The minimum atomic E-state index is -5.10. The molecule has 0 bridgehead atoms. The minimum Gasteiger partial charge on any atom is -0.545 e. The topological polar surface area (TPSA) is 121 Å². The summed E-state index contributed by atoms with van der Waals surface area (Å²) in [6.45, 7) is 1.06. The Labute approximate surface area is 216 Å². The Hall–Kier alpha value is -4.99. The highest BCUT2D eigenvalue weighted by Crippen LogP contribution is 2.36. The molecule has 13 heteroatoms. The van der Waals surface area contributed by atoms with Gasteiger partial charge < -0.3 is 19.1 Å². The van der Waals surface area contributed by atoms with E-state index in [1.165, 1.54) is 24.4 Å². The molecule has 0 aliphatic heterocycles. The molecule has 0 aliphatic carbocycles. The van der Waals surface area contributed by atoms with Crippen LogP contribution in [-0.2, 0) is 12.7 Å². The van der Waals surface area contributed by atoms with Crippen LogP contribution in [0.5, 0.6) is 5.88 Å². The number of alkyl halides is 3. The van der Waals surface area contributed by atoms with E-state index in [2.05, 4.69) is 4.98 Å². The van der Waals surface area contributed by atoms with Gasteiger partial charge in [-0.1, -0.05) is 6.07 Å². The molecular weight excluding hydrogens is 529 g/mol. The van der Waals surface area contributed by atoms with Crippen molar-refractivity contribution in [2.75, 3.05) is 6.61 Å². The number of furan rings is 1. The fraction of sp³-hybridized carbons (Fsp3) is 0.154. The van der Waals surface area contributed by atoms with E-state index < -0.39 is 58.3 Å². The van der Waals surface area contributed by atoms with Gasteiger partial charge in [-0.25, -0.2) is 13.8 Å². The second-order valence-electron chi connectivity index (χ2n) is 8.02. The molecule has 0 N–H and O–H groups in total. The van der Waals surface area contributed by atoms with Crippen molar-refractivity contribution in [1.82, 2.24) is 9.55 Å². The van der Waals surface area contributed by atoms with Crippen LogP contribution < -0.4 is 15.4 Å². The third-order valence-corrected chi connectivity index (χ3v) is 5.56. The molecule has 0 atom stereocenters. The number of ether oxygens (including phenoxy) is 1. The standard InChI is InChI=1S/C26H16F5N3O5/c1-2-38-23-16(25(36)37)7-14(11-33-23)21-5-6-22(39-21)20-9-18(26(29,30)31)17(10-32)24(35)34(20)12-13-3-4-15(27)8-19(13)28/h3-9,11H,2,12H2,1H3,(H,36,37)/p-1. The van der Waals surface area contributed by atoms with Gasteiger partial charge in [0.05, 0.1) is 35.9 Å². The van der Waals surface area contributed by atoms with Gasteiger partial charge in [-0.15, -0.1) is 0 Å². The van der Waals surface area contributed by atoms with Crippen molar-refractivity contribution in [1.29, 1.82) is 5.26 Å². The number of carboxylic acid groups (broad SMARTS) is 1. The summed E-state index contributed by atoms with van der Waals surface area (Å²) in [5.74, 6) is -4.15. The lowest BCUT2D eigenvalue weighted by molar-refractivity contribution is -0.255. The fourth-order valence-electron chi connectivity index (χ4n) is 3.77. The first-order valence-corrected chi connectivity index (χ1v) is 11.1. The summed E-state index contributed by atoms with van der Waals surface area (Å²) in [4.78, 5) is 28.5. The molecule has 0 saturated carbocycles. The first-order chi connectivity index (χ1) is 18.4. The average molecular weight is 544 g/mol. The van der Waals surface area contributed by atoms with Gasteiger partial charge in [0.25, 0.3) is 5.56 Å². The molecule has 0 radical (unpaired) electrons. The van der Waals surface area contributed by atoms with Gasteiger partial charge in [0.2, 0.25) is 5.88 Å². The molecule has 3 heterocycles. The largest absolute Gasteiger partial charge is 0.545 e. The zero-order valence-electron chi connectivity index (χ0n) is 19.8. The van der Waals surface area contributed by atoms with Crippen LogP contribution >= 0.6 is 0 Å². The molecule has 0 unspecified atom stereocenters. The molecule has 39 heavy (non-hydrogen) atoms. The van der Waals surface area contributed by atoms with E-state index >= 15 is 0 Å². The number of pyridine rings is 2. The van der Waals surface area contributed by atoms with Gasteiger partial charge in [-0.2, -0.15) is 18.4 Å². The smallest absolute Gasteiger partial charge is 0.417 e. The Kier molecular flexibility index (Phi) is 7.22. The Morgan fingerprint density at radius 3 is 2.49 bits per heavy atom. The molecule has 0 aliphatic rings. The first kappa shape index (κ1) is 27.1. The number of aromatic carboxylic acids is 1. The molecule has 0 fully saturated rings. The SMILES string of the molecule is CCOc1ncc(-c2ccc(-c3cc(C(F)(F)F)c(C#N)c(=O)n3Cc3ccc(F)cc3F)o2)cc1C(=O)[O-]. The normalized spacial score (nSPS) is 11.3.